The van der Waals surface area contributed by atoms with E-state index in [1.54, 1.807) is 6.07 Å². The van der Waals surface area contributed by atoms with Crippen LogP contribution >= 0.6 is 11.3 Å². The maximum atomic E-state index is 13.1. The first-order valence-electron chi connectivity index (χ1n) is 8.23. The van der Waals surface area contributed by atoms with Gasteiger partial charge in [-0.05, 0) is 23.1 Å². The molecule has 5 nitrogen and oxygen atoms in total. The molecule has 2 fully saturated rings. The summed E-state index contributed by atoms with van der Waals surface area (Å²) in [5.41, 5.74) is 2.08. The van der Waals surface area contributed by atoms with Crippen molar-refractivity contribution in [3.05, 3.63) is 64.0 Å². The number of carbonyl (C=O) groups excluding carboxylic acids is 3. The number of thiophene rings is 1. The SMILES string of the molecule is O=C1NC(=O)[C@H]2[C@@H]1[C@@H](C(=O)c1cccs1)[NH+]1C=Cc3ccccc3[C@@H]21. The summed E-state index contributed by atoms with van der Waals surface area (Å²) in [6.07, 6.45) is 3.93. The highest BCUT2D eigenvalue weighted by atomic mass is 32.1. The van der Waals surface area contributed by atoms with Crippen LogP contribution < -0.4 is 10.2 Å². The molecule has 4 heterocycles. The number of quaternary nitrogens is 1. The number of carbonyl (C=O) groups is 3. The number of rotatable bonds is 2. The van der Waals surface area contributed by atoms with Crippen molar-refractivity contribution in [2.75, 3.05) is 0 Å². The van der Waals surface area contributed by atoms with E-state index in [1.165, 1.54) is 11.3 Å². The molecule has 0 saturated carbocycles. The zero-order valence-electron chi connectivity index (χ0n) is 13.1. The van der Waals surface area contributed by atoms with Crippen molar-refractivity contribution in [2.24, 2.45) is 11.8 Å². The number of imide groups is 1. The van der Waals surface area contributed by atoms with Gasteiger partial charge in [0.15, 0.2) is 6.04 Å². The highest BCUT2D eigenvalue weighted by Crippen LogP contribution is 2.41. The summed E-state index contributed by atoms with van der Waals surface area (Å²) in [6.45, 7) is 0. The van der Waals surface area contributed by atoms with Crippen molar-refractivity contribution < 1.29 is 19.3 Å². The van der Waals surface area contributed by atoms with E-state index in [0.717, 1.165) is 16.0 Å². The smallest absolute Gasteiger partial charge is 0.237 e. The van der Waals surface area contributed by atoms with Crippen LogP contribution in [0.4, 0.5) is 0 Å². The molecule has 1 unspecified atom stereocenters. The Morgan fingerprint density at radius 1 is 1.04 bits per heavy atom. The van der Waals surface area contributed by atoms with Gasteiger partial charge in [-0.15, -0.1) is 11.3 Å². The minimum atomic E-state index is -0.613. The van der Waals surface area contributed by atoms with Crippen molar-refractivity contribution in [1.82, 2.24) is 5.32 Å². The van der Waals surface area contributed by atoms with Crippen LogP contribution in [0.15, 0.2) is 48.0 Å². The second kappa shape index (κ2) is 5.21. The van der Waals surface area contributed by atoms with Gasteiger partial charge < -0.3 is 0 Å². The van der Waals surface area contributed by atoms with Crippen LogP contribution in [0.3, 0.4) is 0 Å². The molecule has 2 amide bonds. The molecule has 6 heteroatoms. The fourth-order valence-electron chi connectivity index (χ4n) is 4.54. The van der Waals surface area contributed by atoms with E-state index in [0.29, 0.717) is 4.88 Å². The molecule has 0 aliphatic carbocycles. The molecule has 0 spiro atoms. The minimum Gasteiger partial charge on any atom is -0.295 e. The van der Waals surface area contributed by atoms with E-state index < -0.39 is 17.9 Å². The Hall–Kier alpha value is -2.57. The Balaban J connectivity index is 1.67. The lowest BCUT2D eigenvalue weighted by molar-refractivity contribution is -0.884. The summed E-state index contributed by atoms with van der Waals surface area (Å²) in [7, 11) is 0. The molecule has 3 aliphatic heterocycles. The van der Waals surface area contributed by atoms with Gasteiger partial charge in [0, 0.05) is 5.56 Å². The van der Waals surface area contributed by atoms with Gasteiger partial charge in [0.1, 0.15) is 17.9 Å². The molecule has 124 valence electrons. The first kappa shape index (κ1) is 14.7. The normalized spacial score (nSPS) is 32.1. The Morgan fingerprint density at radius 2 is 1.84 bits per heavy atom. The number of ketones is 1. The second-order valence-electron chi connectivity index (χ2n) is 6.66. The minimum absolute atomic E-state index is 0.0589. The Labute approximate surface area is 148 Å². The molecule has 1 aromatic heterocycles. The molecule has 5 rings (SSSR count). The Kier molecular flexibility index (Phi) is 3.07. The predicted octanol–water partition coefficient (Wildman–Crippen LogP) is 0.812. The monoisotopic (exact) mass is 351 g/mol. The van der Waals surface area contributed by atoms with Crippen molar-refractivity contribution in [3.8, 4) is 0 Å². The number of nitrogens with one attached hydrogen (secondary N) is 2. The van der Waals surface area contributed by atoms with Gasteiger partial charge in [-0.3, -0.25) is 24.6 Å². The van der Waals surface area contributed by atoms with E-state index in [4.69, 9.17) is 0 Å². The number of benzene rings is 1. The predicted molar refractivity (Wildman–Crippen MR) is 91.7 cm³/mol. The van der Waals surface area contributed by atoms with E-state index >= 15 is 0 Å². The maximum absolute atomic E-state index is 13.1. The molecule has 5 atom stereocenters. The molecule has 1 aromatic carbocycles. The van der Waals surface area contributed by atoms with Gasteiger partial charge in [0.25, 0.3) is 0 Å². The lowest BCUT2D eigenvalue weighted by Crippen LogP contribution is -3.12. The average molecular weight is 351 g/mol. The summed E-state index contributed by atoms with van der Waals surface area (Å²) < 4.78 is 0. The molecule has 0 radical (unpaired) electrons. The maximum Gasteiger partial charge on any atom is 0.237 e. The summed E-state index contributed by atoms with van der Waals surface area (Å²) in [5.74, 6) is -1.75. The number of hydrogen-bond acceptors (Lipinski definition) is 4. The largest absolute Gasteiger partial charge is 0.295 e. The van der Waals surface area contributed by atoms with Crippen LogP contribution in [0.1, 0.15) is 26.8 Å². The number of hydrogen-bond donors (Lipinski definition) is 2. The van der Waals surface area contributed by atoms with Crippen molar-refractivity contribution in [2.45, 2.75) is 12.1 Å². The number of Topliss-reactive ketones (excluding diaryl/α,β-unsaturated/α-hetero) is 1. The van der Waals surface area contributed by atoms with E-state index in [1.807, 2.05) is 48.0 Å². The number of fused-ring (bicyclic) bond motifs is 5. The third kappa shape index (κ3) is 1.95. The second-order valence-corrected chi connectivity index (χ2v) is 7.61. The zero-order valence-corrected chi connectivity index (χ0v) is 14.0. The Bertz CT molecular complexity index is 934. The fourth-order valence-corrected chi connectivity index (χ4v) is 5.24. The van der Waals surface area contributed by atoms with Gasteiger partial charge in [0.05, 0.1) is 11.1 Å². The van der Waals surface area contributed by atoms with Crippen LogP contribution in [0.5, 0.6) is 0 Å². The Morgan fingerprint density at radius 3 is 2.64 bits per heavy atom. The number of amides is 2. The highest BCUT2D eigenvalue weighted by Gasteiger charge is 2.65. The fraction of sp³-hybridized carbons (Fsp3) is 0.211. The van der Waals surface area contributed by atoms with Crippen molar-refractivity contribution in [3.63, 3.8) is 0 Å². The third-order valence-electron chi connectivity index (χ3n) is 5.51. The van der Waals surface area contributed by atoms with E-state index in [-0.39, 0.29) is 23.6 Å². The zero-order chi connectivity index (χ0) is 17.1. The van der Waals surface area contributed by atoms with E-state index in [2.05, 4.69) is 5.32 Å². The summed E-state index contributed by atoms with van der Waals surface area (Å²) >= 11 is 1.38. The summed E-state index contributed by atoms with van der Waals surface area (Å²) in [5, 5.41) is 4.30. The van der Waals surface area contributed by atoms with Crippen molar-refractivity contribution in [1.29, 1.82) is 0 Å². The molecule has 3 aliphatic rings. The van der Waals surface area contributed by atoms with Gasteiger partial charge >= 0.3 is 0 Å². The van der Waals surface area contributed by atoms with Crippen LogP contribution in [-0.4, -0.2) is 23.6 Å². The first-order chi connectivity index (χ1) is 12.2. The molecular formula is C19H15N2O3S+. The lowest BCUT2D eigenvalue weighted by Gasteiger charge is -2.28. The molecule has 2 saturated heterocycles. The quantitative estimate of drug-likeness (QED) is 0.622. The molecular weight excluding hydrogens is 336 g/mol. The summed E-state index contributed by atoms with van der Waals surface area (Å²) in [4.78, 5) is 39.7. The summed E-state index contributed by atoms with van der Waals surface area (Å²) in [6, 6.07) is 10.7. The van der Waals surface area contributed by atoms with Crippen LogP contribution in [0.25, 0.3) is 6.08 Å². The standard InChI is InChI=1S/C19H14N2O3S/c22-17(12-6-3-9-25-12)16-14-13(18(23)20-19(14)24)15-11-5-2-1-4-10(11)7-8-21(15)16/h1-9,13-16H,(H,20,23,24)/p+1/t13-,14+,15-,16-/m0/s1. The van der Waals surface area contributed by atoms with Crippen LogP contribution in [0, 0.1) is 11.8 Å². The molecule has 2 N–H and O–H groups in total. The molecule has 2 aromatic rings. The molecule has 25 heavy (non-hydrogen) atoms. The topological polar surface area (TPSA) is 67.7 Å². The van der Waals surface area contributed by atoms with Crippen molar-refractivity contribution >= 4 is 35.0 Å². The van der Waals surface area contributed by atoms with Gasteiger partial charge in [-0.1, -0.05) is 30.3 Å². The van der Waals surface area contributed by atoms with Gasteiger partial charge in [-0.25, -0.2) is 0 Å². The third-order valence-corrected chi connectivity index (χ3v) is 6.39. The van der Waals surface area contributed by atoms with Crippen LogP contribution in [-0.2, 0) is 9.59 Å². The molecule has 0 bridgehead atoms. The highest BCUT2D eigenvalue weighted by molar-refractivity contribution is 7.12. The average Bonchev–Trinajstić information content (AvgIpc) is 3.32. The van der Waals surface area contributed by atoms with Gasteiger partial charge in [-0.2, -0.15) is 0 Å². The lowest BCUT2D eigenvalue weighted by atomic mass is 9.84. The first-order valence-corrected chi connectivity index (χ1v) is 9.11. The van der Waals surface area contributed by atoms with Crippen LogP contribution in [0.2, 0.25) is 0 Å². The van der Waals surface area contributed by atoms with E-state index in [9.17, 15) is 14.4 Å². The van der Waals surface area contributed by atoms with Gasteiger partial charge in [0.2, 0.25) is 17.6 Å².